The first kappa shape index (κ1) is 17.4. The lowest BCUT2D eigenvalue weighted by Crippen LogP contribution is -2.29. The molecule has 1 aliphatic heterocycles. The number of ether oxygens (including phenoxy) is 1. The number of hydrogen-bond donors (Lipinski definition) is 2. The third kappa shape index (κ3) is 4.33. The van der Waals surface area contributed by atoms with E-state index in [0.29, 0.717) is 24.4 Å². The molecule has 0 bridgehead atoms. The molecule has 0 radical (unpaired) electrons. The molecule has 2 N–H and O–H groups in total. The molecule has 1 aliphatic rings. The third-order valence-corrected chi connectivity index (χ3v) is 5.00. The molecule has 0 saturated heterocycles. The van der Waals surface area contributed by atoms with Gasteiger partial charge in [0.1, 0.15) is 12.4 Å². The van der Waals surface area contributed by atoms with E-state index < -0.39 is 0 Å². The van der Waals surface area contributed by atoms with Crippen molar-refractivity contribution >= 4 is 29.3 Å². The van der Waals surface area contributed by atoms with Crippen molar-refractivity contribution in [2.75, 3.05) is 18.5 Å². The monoisotopic (exact) mass is 356 g/mol. The number of carbonyl (C=O) groups is 2. The van der Waals surface area contributed by atoms with Gasteiger partial charge in [-0.15, -0.1) is 11.8 Å². The summed E-state index contributed by atoms with van der Waals surface area (Å²) in [5.41, 5.74) is 2.34. The fraction of sp³-hybridized carbons (Fsp3) is 0.263. The Labute approximate surface area is 151 Å². The van der Waals surface area contributed by atoms with Crippen molar-refractivity contribution in [1.29, 1.82) is 0 Å². The first-order chi connectivity index (χ1) is 12.0. The number of benzene rings is 2. The van der Waals surface area contributed by atoms with E-state index in [1.807, 2.05) is 44.2 Å². The summed E-state index contributed by atoms with van der Waals surface area (Å²) in [6, 6.07) is 13.1. The van der Waals surface area contributed by atoms with Crippen LogP contribution in [-0.2, 0) is 4.79 Å². The van der Waals surface area contributed by atoms with Crippen molar-refractivity contribution in [3.63, 3.8) is 0 Å². The van der Waals surface area contributed by atoms with Crippen molar-refractivity contribution in [2.24, 2.45) is 0 Å². The fourth-order valence-corrected chi connectivity index (χ4v) is 3.42. The summed E-state index contributed by atoms with van der Waals surface area (Å²) in [4.78, 5) is 25.0. The second-order valence-electron chi connectivity index (χ2n) is 5.88. The number of rotatable bonds is 5. The lowest BCUT2D eigenvalue weighted by atomic mass is 10.1. The molecular formula is C19H20N2O3S. The van der Waals surface area contributed by atoms with E-state index in [2.05, 4.69) is 10.6 Å². The summed E-state index contributed by atoms with van der Waals surface area (Å²) >= 11 is 1.50. The van der Waals surface area contributed by atoms with Gasteiger partial charge in [-0.05, 0) is 49.7 Å². The quantitative estimate of drug-likeness (QED) is 0.807. The zero-order valence-electron chi connectivity index (χ0n) is 14.2. The Morgan fingerprint density at radius 1 is 1.28 bits per heavy atom. The summed E-state index contributed by atoms with van der Waals surface area (Å²) < 4.78 is 5.61. The molecule has 2 amide bonds. The second kappa shape index (κ2) is 7.61. The average molecular weight is 356 g/mol. The molecule has 2 aromatic rings. The maximum Gasteiger partial charge on any atom is 0.251 e. The number of carbonyl (C=O) groups excluding carboxylic acids is 2. The van der Waals surface area contributed by atoms with Crippen LogP contribution in [0.1, 0.15) is 22.8 Å². The topological polar surface area (TPSA) is 67.4 Å². The van der Waals surface area contributed by atoms with E-state index in [9.17, 15) is 9.59 Å². The van der Waals surface area contributed by atoms with E-state index >= 15 is 0 Å². The van der Waals surface area contributed by atoms with Gasteiger partial charge in [0.2, 0.25) is 5.91 Å². The lowest BCUT2D eigenvalue weighted by Gasteiger charge is -2.21. The molecular weight excluding hydrogens is 336 g/mol. The van der Waals surface area contributed by atoms with Gasteiger partial charge in [0.25, 0.3) is 5.91 Å². The number of hydrogen-bond acceptors (Lipinski definition) is 4. The van der Waals surface area contributed by atoms with Crippen LogP contribution >= 0.6 is 11.8 Å². The Morgan fingerprint density at radius 3 is 2.92 bits per heavy atom. The summed E-state index contributed by atoms with van der Waals surface area (Å²) in [5, 5.41) is 5.54. The lowest BCUT2D eigenvalue weighted by molar-refractivity contribution is -0.115. The van der Waals surface area contributed by atoms with Crippen LogP contribution in [0.5, 0.6) is 5.75 Å². The van der Waals surface area contributed by atoms with Gasteiger partial charge in [0, 0.05) is 10.5 Å². The highest BCUT2D eigenvalue weighted by Crippen LogP contribution is 2.35. The fourth-order valence-electron chi connectivity index (χ4n) is 2.49. The zero-order valence-corrected chi connectivity index (χ0v) is 15.0. The Kier molecular flexibility index (Phi) is 5.28. The van der Waals surface area contributed by atoms with E-state index in [-0.39, 0.29) is 17.1 Å². The number of nitrogens with one attached hydrogen (secondary N) is 2. The van der Waals surface area contributed by atoms with Crippen LogP contribution in [0.2, 0.25) is 0 Å². The molecule has 1 heterocycles. The molecule has 0 aliphatic carbocycles. The minimum absolute atomic E-state index is 0.0402. The molecule has 1 unspecified atom stereocenters. The predicted octanol–water partition coefficient (Wildman–Crippen LogP) is 3.24. The van der Waals surface area contributed by atoms with Gasteiger partial charge < -0.3 is 15.4 Å². The average Bonchev–Trinajstić information content (AvgIpc) is 2.59. The van der Waals surface area contributed by atoms with Crippen LogP contribution in [0.25, 0.3) is 0 Å². The van der Waals surface area contributed by atoms with Crippen LogP contribution < -0.4 is 15.4 Å². The molecule has 5 nitrogen and oxygen atoms in total. The van der Waals surface area contributed by atoms with Crippen LogP contribution in [-0.4, -0.2) is 30.2 Å². The molecule has 0 fully saturated rings. The van der Waals surface area contributed by atoms with Crippen LogP contribution in [0.4, 0.5) is 5.69 Å². The van der Waals surface area contributed by atoms with Crippen molar-refractivity contribution in [2.45, 2.75) is 24.0 Å². The van der Waals surface area contributed by atoms with Crippen LogP contribution in [0.3, 0.4) is 0 Å². The summed E-state index contributed by atoms with van der Waals surface area (Å²) in [5.74, 6) is 0.562. The maximum atomic E-state index is 12.3. The molecule has 130 valence electrons. The number of anilines is 1. The highest BCUT2D eigenvalue weighted by Gasteiger charge is 2.23. The number of amides is 2. The standard InChI is InChI=1S/C19H20N2O3S/c1-12-4-3-5-15(10-12)24-9-8-20-19(23)14-6-7-17-16(11-14)21-18(22)13(2)25-17/h3-7,10-11,13H,8-9H2,1-2H3,(H,20,23)(H,21,22). The van der Waals surface area contributed by atoms with Gasteiger partial charge >= 0.3 is 0 Å². The van der Waals surface area contributed by atoms with Gasteiger partial charge in [0.15, 0.2) is 0 Å². The van der Waals surface area contributed by atoms with E-state index in [1.165, 1.54) is 11.8 Å². The Bertz CT molecular complexity index is 807. The van der Waals surface area contributed by atoms with Gasteiger partial charge in [-0.2, -0.15) is 0 Å². The number of fused-ring (bicyclic) bond motifs is 1. The molecule has 6 heteroatoms. The number of thioether (sulfide) groups is 1. The van der Waals surface area contributed by atoms with Gasteiger partial charge in [-0.25, -0.2) is 0 Å². The molecule has 2 aromatic carbocycles. The van der Waals surface area contributed by atoms with Crippen LogP contribution in [0.15, 0.2) is 47.4 Å². The first-order valence-corrected chi connectivity index (χ1v) is 9.00. The smallest absolute Gasteiger partial charge is 0.251 e. The molecule has 0 spiro atoms. The van der Waals surface area contributed by atoms with Crippen LogP contribution in [0, 0.1) is 6.92 Å². The van der Waals surface area contributed by atoms with Crippen molar-refractivity contribution in [1.82, 2.24) is 5.32 Å². The van der Waals surface area contributed by atoms with Gasteiger partial charge in [-0.1, -0.05) is 12.1 Å². The maximum absolute atomic E-state index is 12.3. The highest BCUT2D eigenvalue weighted by atomic mass is 32.2. The second-order valence-corrected chi connectivity index (χ2v) is 7.26. The van der Waals surface area contributed by atoms with Gasteiger partial charge in [0.05, 0.1) is 17.5 Å². The molecule has 3 rings (SSSR count). The molecule has 0 aromatic heterocycles. The van der Waals surface area contributed by atoms with E-state index in [1.54, 1.807) is 12.1 Å². The zero-order chi connectivity index (χ0) is 17.8. The SMILES string of the molecule is Cc1cccc(OCCNC(=O)c2ccc3c(c2)NC(=O)C(C)S3)c1. The van der Waals surface area contributed by atoms with Crippen molar-refractivity contribution in [3.8, 4) is 5.75 Å². The summed E-state index contributed by atoms with van der Waals surface area (Å²) in [7, 11) is 0. The number of aryl methyl sites for hydroxylation is 1. The molecule has 25 heavy (non-hydrogen) atoms. The Morgan fingerprint density at radius 2 is 2.12 bits per heavy atom. The molecule has 0 saturated carbocycles. The minimum Gasteiger partial charge on any atom is -0.492 e. The normalized spacial score (nSPS) is 15.9. The van der Waals surface area contributed by atoms with Gasteiger partial charge in [-0.3, -0.25) is 9.59 Å². The Balaban J connectivity index is 1.53. The summed E-state index contributed by atoms with van der Waals surface area (Å²) in [6.45, 7) is 4.66. The largest absolute Gasteiger partial charge is 0.492 e. The highest BCUT2D eigenvalue weighted by molar-refractivity contribution is 8.00. The third-order valence-electron chi connectivity index (χ3n) is 3.82. The van der Waals surface area contributed by atoms with E-state index in [0.717, 1.165) is 16.2 Å². The predicted molar refractivity (Wildman–Crippen MR) is 99.4 cm³/mol. The first-order valence-electron chi connectivity index (χ1n) is 8.12. The minimum atomic E-state index is -0.187. The van der Waals surface area contributed by atoms with E-state index in [4.69, 9.17) is 4.74 Å². The molecule has 1 atom stereocenters. The van der Waals surface area contributed by atoms with Crippen molar-refractivity contribution < 1.29 is 14.3 Å². The summed E-state index contributed by atoms with van der Waals surface area (Å²) in [6.07, 6.45) is 0. The van der Waals surface area contributed by atoms with Crippen molar-refractivity contribution in [3.05, 3.63) is 53.6 Å². The Hall–Kier alpha value is -2.47.